The number of benzene rings is 1. The fourth-order valence-corrected chi connectivity index (χ4v) is 4.66. The molecule has 3 aliphatic rings. The van der Waals surface area contributed by atoms with Crippen LogP contribution in [-0.4, -0.2) is 57.0 Å². The molecular weight excluding hydrogens is 378 g/mol. The Morgan fingerprint density at radius 1 is 1.07 bits per heavy atom. The number of rotatable bonds is 5. The van der Waals surface area contributed by atoms with Gasteiger partial charge in [0.25, 0.3) is 5.91 Å². The van der Waals surface area contributed by atoms with Crippen LogP contribution in [0, 0.1) is 5.92 Å². The van der Waals surface area contributed by atoms with Crippen molar-refractivity contribution in [2.75, 3.05) is 26.2 Å². The van der Waals surface area contributed by atoms with E-state index >= 15 is 0 Å². The van der Waals surface area contributed by atoms with Gasteiger partial charge in [0.05, 0.1) is 17.5 Å². The van der Waals surface area contributed by atoms with Crippen molar-refractivity contribution >= 4 is 16.8 Å². The van der Waals surface area contributed by atoms with Crippen LogP contribution in [0.2, 0.25) is 0 Å². The van der Waals surface area contributed by atoms with E-state index in [4.69, 9.17) is 9.51 Å². The molecule has 2 saturated heterocycles. The number of para-hydroxylation sites is 1. The van der Waals surface area contributed by atoms with Gasteiger partial charge in [-0.3, -0.25) is 9.69 Å². The van der Waals surface area contributed by atoms with E-state index in [9.17, 15) is 4.79 Å². The molecule has 1 aliphatic carbocycles. The Bertz CT molecular complexity index is 1090. The molecule has 3 fully saturated rings. The molecular formula is C23H25N5O2. The first-order valence-corrected chi connectivity index (χ1v) is 11.0. The first kappa shape index (κ1) is 18.0. The van der Waals surface area contributed by atoms with E-state index < -0.39 is 0 Å². The SMILES string of the molecule is O=C(c1ccc2ccccc2n1)N1CC(c2noc(C3CCCN3CC3CC3)n2)C1. The maximum Gasteiger partial charge on any atom is 0.272 e. The minimum absolute atomic E-state index is 0.0351. The molecule has 7 heteroatoms. The Morgan fingerprint density at radius 3 is 2.80 bits per heavy atom. The van der Waals surface area contributed by atoms with Crippen LogP contribution in [0.15, 0.2) is 40.9 Å². The molecule has 6 rings (SSSR count). The van der Waals surface area contributed by atoms with Gasteiger partial charge in [0.1, 0.15) is 5.69 Å². The maximum absolute atomic E-state index is 12.8. The Labute approximate surface area is 175 Å². The summed E-state index contributed by atoms with van der Waals surface area (Å²) in [5, 5.41) is 5.29. The molecule has 2 aliphatic heterocycles. The van der Waals surface area contributed by atoms with Crippen molar-refractivity contribution in [3.05, 3.63) is 53.8 Å². The van der Waals surface area contributed by atoms with Crippen molar-refractivity contribution in [3.63, 3.8) is 0 Å². The highest BCUT2D eigenvalue weighted by Gasteiger charge is 2.38. The van der Waals surface area contributed by atoms with E-state index in [2.05, 4.69) is 15.0 Å². The van der Waals surface area contributed by atoms with Crippen molar-refractivity contribution in [1.29, 1.82) is 0 Å². The smallest absolute Gasteiger partial charge is 0.272 e. The van der Waals surface area contributed by atoms with Crippen LogP contribution in [-0.2, 0) is 0 Å². The zero-order chi connectivity index (χ0) is 20.1. The van der Waals surface area contributed by atoms with Crippen molar-refractivity contribution in [1.82, 2.24) is 24.9 Å². The van der Waals surface area contributed by atoms with Gasteiger partial charge < -0.3 is 9.42 Å². The van der Waals surface area contributed by atoms with Gasteiger partial charge in [-0.15, -0.1) is 0 Å². The zero-order valence-electron chi connectivity index (χ0n) is 16.9. The number of fused-ring (bicyclic) bond motifs is 1. The maximum atomic E-state index is 12.8. The van der Waals surface area contributed by atoms with Crippen molar-refractivity contribution in [3.8, 4) is 0 Å². The molecule has 4 heterocycles. The minimum Gasteiger partial charge on any atom is -0.338 e. The molecule has 30 heavy (non-hydrogen) atoms. The molecule has 1 amide bonds. The summed E-state index contributed by atoms with van der Waals surface area (Å²) in [6.07, 6.45) is 5.00. The predicted molar refractivity (Wildman–Crippen MR) is 111 cm³/mol. The van der Waals surface area contributed by atoms with Crippen molar-refractivity contribution < 1.29 is 9.32 Å². The van der Waals surface area contributed by atoms with Crippen LogP contribution < -0.4 is 0 Å². The van der Waals surface area contributed by atoms with Gasteiger partial charge >= 0.3 is 0 Å². The summed E-state index contributed by atoms with van der Waals surface area (Å²) < 4.78 is 5.65. The second kappa shape index (κ2) is 7.16. The average molecular weight is 403 g/mol. The number of pyridine rings is 1. The molecule has 7 nitrogen and oxygen atoms in total. The molecule has 3 aromatic rings. The summed E-state index contributed by atoms with van der Waals surface area (Å²) in [7, 11) is 0. The normalized spacial score (nSPS) is 22.5. The molecule has 154 valence electrons. The van der Waals surface area contributed by atoms with Gasteiger partial charge in [0, 0.05) is 25.0 Å². The third-order valence-electron chi connectivity index (χ3n) is 6.65. The summed E-state index contributed by atoms with van der Waals surface area (Å²) in [5.41, 5.74) is 1.33. The van der Waals surface area contributed by atoms with E-state index in [0.29, 0.717) is 18.8 Å². The van der Waals surface area contributed by atoms with Crippen molar-refractivity contribution in [2.45, 2.75) is 37.6 Å². The summed E-state index contributed by atoms with van der Waals surface area (Å²) in [4.78, 5) is 26.4. The van der Waals surface area contributed by atoms with E-state index in [1.807, 2.05) is 35.2 Å². The van der Waals surface area contributed by atoms with Crippen LogP contribution in [0.1, 0.15) is 59.8 Å². The second-order valence-electron chi connectivity index (χ2n) is 8.88. The minimum atomic E-state index is -0.0351. The third-order valence-corrected chi connectivity index (χ3v) is 6.65. The van der Waals surface area contributed by atoms with Crippen LogP contribution in [0.25, 0.3) is 10.9 Å². The number of carbonyl (C=O) groups is 1. The van der Waals surface area contributed by atoms with Crippen LogP contribution in [0.4, 0.5) is 0 Å². The summed E-state index contributed by atoms with van der Waals surface area (Å²) in [5.74, 6) is 2.46. The average Bonchev–Trinajstić information content (AvgIpc) is 3.22. The largest absolute Gasteiger partial charge is 0.338 e. The molecule has 2 aromatic heterocycles. The number of amides is 1. The van der Waals surface area contributed by atoms with Gasteiger partial charge in [-0.2, -0.15) is 4.98 Å². The molecule has 1 unspecified atom stereocenters. The van der Waals surface area contributed by atoms with E-state index in [1.165, 1.54) is 19.3 Å². The van der Waals surface area contributed by atoms with E-state index in [-0.39, 0.29) is 17.9 Å². The molecule has 0 bridgehead atoms. The van der Waals surface area contributed by atoms with Crippen LogP contribution in [0.5, 0.6) is 0 Å². The van der Waals surface area contributed by atoms with Crippen LogP contribution >= 0.6 is 0 Å². The lowest BCUT2D eigenvalue weighted by Crippen LogP contribution is -2.49. The molecule has 0 spiro atoms. The number of likely N-dealkylation sites (tertiary alicyclic amines) is 2. The van der Waals surface area contributed by atoms with Crippen LogP contribution in [0.3, 0.4) is 0 Å². The fourth-order valence-electron chi connectivity index (χ4n) is 4.66. The highest BCUT2D eigenvalue weighted by atomic mass is 16.5. The van der Waals surface area contributed by atoms with Gasteiger partial charge in [-0.25, -0.2) is 4.98 Å². The predicted octanol–water partition coefficient (Wildman–Crippen LogP) is 3.40. The summed E-state index contributed by atoms with van der Waals surface area (Å²) >= 11 is 0. The standard InChI is InChI=1S/C23H25N5O2/c29-23(19-10-9-16-4-1-2-5-18(16)24-19)28-13-17(14-28)21-25-22(30-26-21)20-6-3-11-27(20)12-15-7-8-15/h1-2,4-5,9-10,15,17,20H,3,6-8,11-14H2. The van der Waals surface area contributed by atoms with Gasteiger partial charge in [-0.1, -0.05) is 29.4 Å². The Balaban J connectivity index is 1.11. The van der Waals surface area contributed by atoms with Gasteiger partial charge in [-0.05, 0) is 50.3 Å². The quantitative estimate of drug-likeness (QED) is 0.650. The topological polar surface area (TPSA) is 75.4 Å². The zero-order valence-corrected chi connectivity index (χ0v) is 16.9. The third kappa shape index (κ3) is 3.27. The molecule has 0 N–H and O–H groups in total. The Kier molecular flexibility index (Phi) is 4.30. The molecule has 1 saturated carbocycles. The number of aromatic nitrogens is 3. The molecule has 0 radical (unpaired) electrons. The summed E-state index contributed by atoms with van der Waals surface area (Å²) in [6, 6.07) is 11.9. The number of carbonyl (C=O) groups excluding carboxylic acids is 1. The lowest BCUT2D eigenvalue weighted by molar-refractivity contribution is 0.0586. The monoisotopic (exact) mass is 403 g/mol. The Morgan fingerprint density at radius 2 is 1.93 bits per heavy atom. The lowest BCUT2D eigenvalue weighted by Gasteiger charge is -2.37. The number of hydrogen-bond donors (Lipinski definition) is 0. The lowest BCUT2D eigenvalue weighted by atomic mass is 9.99. The first-order chi connectivity index (χ1) is 14.7. The van der Waals surface area contributed by atoms with Crippen molar-refractivity contribution in [2.24, 2.45) is 5.92 Å². The first-order valence-electron chi connectivity index (χ1n) is 11.0. The molecule has 1 aromatic carbocycles. The van der Waals surface area contributed by atoms with Gasteiger partial charge in [0.2, 0.25) is 5.89 Å². The molecule has 1 atom stereocenters. The second-order valence-corrected chi connectivity index (χ2v) is 8.88. The Hall–Kier alpha value is -2.80. The number of hydrogen-bond acceptors (Lipinski definition) is 6. The van der Waals surface area contributed by atoms with E-state index in [0.717, 1.165) is 48.0 Å². The highest BCUT2D eigenvalue weighted by molar-refractivity contribution is 5.95. The summed E-state index contributed by atoms with van der Waals surface area (Å²) in [6.45, 7) is 3.52. The fraction of sp³-hybridized carbons (Fsp3) is 0.478. The van der Waals surface area contributed by atoms with Gasteiger partial charge in [0.15, 0.2) is 5.82 Å². The number of nitrogens with zero attached hydrogens (tertiary/aromatic N) is 5. The van der Waals surface area contributed by atoms with E-state index in [1.54, 1.807) is 6.07 Å². The highest BCUT2D eigenvalue weighted by Crippen LogP contribution is 2.37.